The summed E-state index contributed by atoms with van der Waals surface area (Å²) in [5, 5.41) is 5.55. The van der Waals surface area contributed by atoms with E-state index < -0.39 is 0 Å². The molecule has 3 N–H and O–H groups in total. The summed E-state index contributed by atoms with van der Waals surface area (Å²) in [5.41, 5.74) is 5.99. The Balaban J connectivity index is 1.69. The molecular weight excluding hydrogens is 258 g/mol. The fourth-order valence-corrected chi connectivity index (χ4v) is 3.26. The van der Waals surface area contributed by atoms with E-state index in [0.717, 1.165) is 29.8 Å². The number of thiazole rings is 1. The Bertz CT molecular complexity index is 411. The Kier molecular flexibility index (Phi) is 5.34. The molecule has 0 aliphatic heterocycles. The van der Waals surface area contributed by atoms with Crippen molar-refractivity contribution in [3.63, 3.8) is 0 Å². The van der Waals surface area contributed by atoms with E-state index >= 15 is 0 Å². The number of nitrogens with one attached hydrogen (secondary N) is 1. The second-order valence-electron chi connectivity index (χ2n) is 5.50. The SMILES string of the molecule is CC1CCC(CCNC(=O)c2csc(CN)n2)CC1. The van der Waals surface area contributed by atoms with Crippen LogP contribution in [0.25, 0.3) is 0 Å². The lowest BCUT2D eigenvalue weighted by Gasteiger charge is -2.26. The topological polar surface area (TPSA) is 68.0 Å². The molecule has 0 saturated heterocycles. The molecule has 1 aromatic heterocycles. The molecule has 5 heteroatoms. The molecule has 19 heavy (non-hydrogen) atoms. The third-order valence-corrected chi connectivity index (χ3v) is 4.80. The standard InChI is InChI=1S/C14H23N3OS/c1-10-2-4-11(5-3-10)6-7-16-14(18)12-9-19-13(8-15)17-12/h9-11H,2-8,15H2,1H3,(H,16,18). The normalized spacial score (nSPS) is 23.3. The Morgan fingerprint density at radius 1 is 1.47 bits per heavy atom. The van der Waals surface area contributed by atoms with Crippen molar-refractivity contribution in [1.29, 1.82) is 0 Å². The van der Waals surface area contributed by atoms with Crippen LogP contribution >= 0.6 is 11.3 Å². The van der Waals surface area contributed by atoms with Gasteiger partial charge in [0.15, 0.2) is 0 Å². The van der Waals surface area contributed by atoms with E-state index in [0.29, 0.717) is 12.2 Å². The van der Waals surface area contributed by atoms with Gasteiger partial charge in [-0.3, -0.25) is 4.79 Å². The molecule has 1 aliphatic rings. The van der Waals surface area contributed by atoms with Crippen molar-refractivity contribution in [1.82, 2.24) is 10.3 Å². The molecule has 0 atom stereocenters. The van der Waals surface area contributed by atoms with Crippen molar-refractivity contribution in [2.75, 3.05) is 6.54 Å². The van der Waals surface area contributed by atoms with Crippen LogP contribution in [0.5, 0.6) is 0 Å². The predicted octanol–water partition coefficient (Wildman–Crippen LogP) is 2.55. The van der Waals surface area contributed by atoms with Crippen LogP contribution in [0.3, 0.4) is 0 Å². The maximum absolute atomic E-state index is 11.9. The lowest BCUT2D eigenvalue weighted by molar-refractivity contribution is 0.0945. The molecule has 0 spiro atoms. The number of rotatable bonds is 5. The van der Waals surface area contributed by atoms with Crippen LogP contribution in [0, 0.1) is 11.8 Å². The largest absolute Gasteiger partial charge is 0.351 e. The van der Waals surface area contributed by atoms with Gasteiger partial charge in [-0.2, -0.15) is 0 Å². The van der Waals surface area contributed by atoms with Gasteiger partial charge >= 0.3 is 0 Å². The molecular formula is C14H23N3OS. The smallest absolute Gasteiger partial charge is 0.270 e. The predicted molar refractivity (Wildman–Crippen MR) is 78.1 cm³/mol. The van der Waals surface area contributed by atoms with Crippen molar-refractivity contribution in [2.24, 2.45) is 17.6 Å². The van der Waals surface area contributed by atoms with Gasteiger partial charge in [-0.25, -0.2) is 4.98 Å². The highest BCUT2D eigenvalue weighted by Gasteiger charge is 2.18. The minimum Gasteiger partial charge on any atom is -0.351 e. The van der Waals surface area contributed by atoms with Crippen LogP contribution < -0.4 is 11.1 Å². The molecule has 0 radical (unpaired) electrons. The van der Waals surface area contributed by atoms with Gasteiger partial charge in [-0.05, 0) is 18.3 Å². The molecule has 4 nitrogen and oxygen atoms in total. The molecule has 1 aromatic rings. The molecule has 2 rings (SSSR count). The molecule has 0 aromatic carbocycles. The molecule has 1 fully saturated rings. The summed E-state index contributed by atoms with van der Waals surface area (Å²) in [5.74, 6) is 1.60. The second kappa shape index (κ2) is 7.01. The van der Waals surface area contributed by atoms with E-state index in [9.17, 15) is 4.79 Å². The number of carbonyl (C=O) groups is 1. The number of aromatic nitrogens is 1. The first-order valence-electron chi connectivity index (χ1n) is 7.11. The van der Waals surface area contributed by atoms with Gasteiger partial charge in [0, 0.05) is 18.5 Å². The summed E-state index contributed by atoms with van der Waals surface area (Å²) in [6.45, 7) is 3.49. The van der Waals surface area contributed by atoms with Crippen molar-refractivity contribution < 1.29 is 4.79 Å². The van der Waals surface area contributed by atoms with Gasteiger partial charge in [0.25, 0.3) is 5.91 Å². The van der Waals surface area contributed by atoms with Crippen molar-refractivity contribution >= 4 is 17.2 Å². The zero-order valence-corrected chi connectivity index (χ0v) is 12.3. The van der Waals surface area contributed by atoms with Gasteiger partial charge in [0.2, 0.25) is 0 Å². The summed E-state index contributed by atoms with van der Waals surface area (Å²) in [4.78, 5) is 16.0. The van der Waals surface area contributed by atoms with E-state index in [-0.39, 0.29) is 5.91 Å². The second-order valence-corrected chi connectivity index (χ2v) is 6.44. The van der Waals surface area contributed by atoms with Crippen LogP contribution in [-0.2, 0) is 6.54 Å². The van der Waals surface area contributed by atoms with E-state index in [1.165, 1.54) is 37.0 Å². The van der Waals surface area contributed by atoms with Crippen molar-refractivity contribution in [3.8, 4) is 0 Å². The highest BCUT2D eigenvalue weighted by Crippen LogP contribution is 2.29. The monoisotopic (exact) mass is 281 g/mol. The molecule has 1 heterocycles. The zero-order valence-electron chi connectivity index (χ0n) is 11.5. The quantitative estimate of drug-likeness (QED) is 0.871. The number of carbonyl (C=O) groups excluding carboxylic acids is 1. The van der Waals surface area contributed by atoms with Gasteiger partial charge in [0.1, 0.15) is 10.7 Å². The minimum absolute atomic E-state index is 0.0693. The van der Waals surface area contributed by atoms with Gasteiger partial charge in [0.05, 0.1) is 0 Å². The minimum atomic E-state index is -0.0693. The fraction of sp³-hybridized carbons (Fsp3) is 0.714. The number of nitrogens with two attached hydrogens (primary N) is 1. The van der Waals surface area contributed by atoms with E-state index in [1.807, 2.05) is 0 Å². The number of amides is 1. The summed E-state index contributed by atoms with van der Waals surface area (Å²) in [6.07, 6.45) is 6.39. The summed E-state index contributed by atoms with van der Waals surface area (Å²) < 4.78 is 0. The van der Waals surface area contributed by atoms with Crippen molar-refractivity contribution in [3.05, 3.63) is 16.1 Å². The number of hydrogen-bond donors (Lipinski definition) is 2. The molecule has 1 amide bonds. The zero-order chi connectivity index (χ0) is 13.7. The highest BCUT2D eigenvalue weighted by atomic mass is 32.1. The van der Waals surface area contributed by atoms with Gasteiger partial charge < -0.3 is 11.1 Å². The average Bonchev–Trinajstić information content (AvgIpc) is 2.90. The van der Waals surface area contributed by atoms with Gasteiger partial charge in [-0.15, -0.1) is 11.3 Å². The third-order valence-electron chi connectivity index (χ3n) is 3.93. The van der Waals surface area contributed by atoms with Crippen LogP contribution in [-0.4, -0.2) is 17.4 Å². The maximum Gasteiger partial charge on any atom is 0.270 e. The lowest BCUT2D eigenvalue weighted by Crippen LogP contribution is -2.27. The number of nitrogens with zero attached hydrogens (tertiary/aromatic N) is 1. The Hall–Kier alpha value is -0.940. The third kappa shape index (κ3) is 4.28. The first-order chi connectivity index (χ1) is 9.19. The molecule has 106 valence electrons. The van der Waals surface area contributed by atoms with Crippen LogP contribution in [0.2, 0.25) is 0 Å². The summed E-state index contributed by atoms with van der Waals surface area (Å²) in [6, 6.07) is 0. The average molecular weight is 281 g/mol. The Morgan fingerprint density at radius 3 is 2.84 bits per heavy atom. The molecule has 0 unspecified atom stereocenters. The highest BCUT2D eigenvalue weighted by molar-refractivity contribution is 7.09. The summed E-state index contributed by atoms with van der Waals surface area (Å²) in [7, 11) is 0. The van der Waals surface area contributed by atoms with E-state index in [1.54, 1.807) is 5.38 Å². The first-order valence-corrected chi connectivity index (χ1v) is 7.99. The van der Waals surface area contributed by atoms with Gasteiger partial charge in [-0.1, -0.05) is 32.6 Å². The van der Waals surface area contributed by atoms with Crippen LogP contribution in [0.1, 0.15) is 54.5 Å². The van der Waals surface area contributed by atoms with Crippen LogP contribution in [0.15, 0.2) is 5.38 Å². The number of hydrogen-bond acceptors (Lipinski definition) is 4. The fourth-order valence-electron chi connectivity index (χ4n) is 2.61. The maximum atomic E-state index is 11.9. The van der Waals surface area contributed by atoms with E-state index in [4.69, 9.17) is 5.73 Å². The molecule has 1 saturated carbocycles. The first kappa shape index (κ1) is 14.5. The Labute approximate surface area is 118 Å². The lowest BCUT2D eigenvalue weighted by atomic mass is 9.81. The summed E-state index contributed by atoms with van der Waals surface area (Å²) >= 11 is 1.44. The van der Waals surface area contributed by atoms with Crippen LogP contribution in [0.4, 0.5) is 0 Å². The molecule has 0 bridgehead atoms. The Morgan fingerprint density at radius 2 is 2.21 bits per heavy atom. The van der Waals surface area contributed by atoms with E-state index in [2.05, 4.69) is 17.2 Å². The molecule has 1 aliphatic carbocycles. The van der Waals surface area contributed by atoms with Crippen molar-refractivity contribution in [2.45, 2.75) is 45.6 Å².